The second kappa shape index (κ2) is 6.93. The molecule has 14 nitrogen and oxygen atoms in total. The molecule has 5 fully saturated rings. The molecule has 174 valence electrons. The summed E-state index contributed by atoms with van der Waals surface area (Å²) in [5.41, 5.74) is -1.82. The number of hydrogen-bond acceptors (Lipinski definition) is 8. The molecule has 0 aromatic rings. The number of guanidine groups is 2. The smallest absolute Gasteiger partial charge is 0.410 e. The van der Waals surface area contributed by atoms with E-state index in [0.717, 1.165) is 17.7 Å². The van der Waals surface area contributed by atoms with Crippen LogP contribution in [0.25, 0.3) is 0 Å². The van der Waals surface area contributed by atoms with Gasteiger partial charge in [-0.25, -0.2) is 4.79 Å². The molecule has 5 heterocycles. The van der Waals surface area contributed by atoms with Crippen LogP contribution < -0.4 is 16.0 Å². The first-order valence-electron chi connectivity index (χ1n) is 10.6. The zero-order valence-corrected chi connectivity index (χ0v) is 17.3. The molecule has 5 rings (SSSR count). The van der Waals surface area contributed by atoms with Crippen LogP contribution in [0, 0.1) is 10.8 Å². The fourth-order valence-corrected chi connectivity index (χ4v) is 5.39. The number of rotatable bonds is 3. The second-order valence-electron chi connectivity index (χ2n) is 8.79. The Morgan fingerprint density at radius 2 is 1.78 bits per heavy atom. The van der Waals surface area contributed by atoms with Gasteiger partial charge in [-0.3, -0.25) is 25.3 Å². The van der Waals surface area contributed by atoms with Crippen LogP contribution >= 0.6 is 0 Å². The van der Waals surface area contributed by atoms with Crippen LogP contribution in [0.2, 0.25) is 0 Å². The molecular weight excluding hydrogens is 424 g/mol. The maximum atomic E-state index is 12.5. The fourth-order valence-electron chi connectivity index (χ4n) is 5.39. The molecule has 0 unspecified atom stereocenters. The summed E-state index contributed by atoms with van der Waals surface area (Å²) < 4.78 is 5.46. The van der Waals surface area contributed by atoms with Crippen LogP contribution in [0.15, 0.2) is 0 Å². The number of likely N-dealkylation sites (tertiary alicyclic amines) is 2. The first-order chi connectivity index (χ1) is 15.1. The highest BCUT2D eigenvalue weighted by Crippen LogP contribution is 2.44. The Kier molecular flexibility index (Phi) is 4.50. The van der Waals surface area contributed by atoms with Gasteiger partial charge in [0.2, 0.25) is 17.6 Å². The fraction of sp³-hybridized carbons (Fsp3) is 0.722. The van der Waals surface area contributed by atoms with Crippen LogP contribution in [0.3, 0.4) is 0 Å². The van der Waals surface area contributed by atoms with Gasteiger partial charge in [0.1, 0.15) is 0 Å². The predicted molar refractivity (Wildman–Crippen MR) is 106 cm³/mol. The molecule has 0 bridgehead atoms. The van der Waals surface area contributed by atoms with Crippen LogP contribution in [-0.2, 0) is 14.3 Å². The van der Waals surface area contributed by atoms with Crippen molar-refractivity contribution in [3.05, 3.63) is 0 Å². The molecule has 5 saturated heterocycles. The van der Waals surface area contributed by atoms with E-state index in [1.165, 1.54) is 9.80 Å². The highest BCUT2D eigenvalue weighted by atomic mass is 16.6. The van der Waals surface area contributed by atoms with Crippen molar-refractivity contribution in [2.45, 2.75) is 55.3 Å². The third kappa shape index (κ3) is 2.75. The Labute approximate surface area is 182 Å². The zero-order chi connectivity index (χ0) is 22.8. The summed E-state index contributed by atoms with van der Waals surface area (Å²) in [7, 11) is 0. The monoisotopic (exact) mass is 450 g/mol. The van der Waals surface area contributed by atoms with Crippen LogP contribution in [0.4, 0.5) is 4.79 Å². The van der Waals surface area contributed by atoms with Gasteiger partial charge >= 0.3 is 6.09 Å². The van der Waals surface area contributed by atoms with E-state index >= 15 is 0 Å². The van der Waals surface area contributed by atoms with Crippen molar-refractivity contribution >= 4 is 29.8 Å². The molecule has 3 amide bonds. The van der Waals surface area contributed by atoms with Gasteiger partial charge in [0, 0.05) is 25.9 Å². The summed E-state index contributed by atoms with van der Waals surface area (Å²) >= 11 is 0. The molecular formula is C18H26N8O6. The minimum atomic E-state index is -2.69. The summed E-state index contributed by atoms with van der Waals surface area (Å²) in [4.78, 5) is 40.6. The van der Waals surface area contributed by atoms with Gasteiger partial charge in [-0.1, -0.05) is 0 Å². The number of nitrogens with one attached hydrogen (secondary N) is 5. The molecule has 0 aliphatic carbocycles. The summed E-state index contributed by atoms with van der Waals surface area (Å²) in [5.74, 6) is -3.80. The van der Waals surface area contributed by atoms with Gasteiger partial charge in [-0.15, -0.1) is 0 Å². The van der Waals surface area contributed by atoms with Gasteiger partial charge in [-0.2, -0.15) is 0 Å². The molecule has 14 heteroatoms. The maximum absolute atomic E-state index is 12.5. The van der Waals surface area contributed by atoms with E-state index in [9.17, 15) is 24.6 Å². The van der Waals surface area contributed by atoms with Crippen molar-refractivity contribution < 1.29 is 29.3 Å². The largest absolute Gasteiger partial charge is 0.438 e. The number of amides is 3. The number of imide groups is 1. The van der Waals surface area contributed by atoms with E-state index in [4.69, 9.17) is 15.6 Å². The molecule has 0 saturated carbocycles. The van der Waals surface area contributed by atoms with E-state index in [0.29, 0.717) is 13.1 Å². The van der Waals surface area contributed by atoms with E-state index in [-0.39, 0.29) is 49.7 Å². The number of aliphatic hydroxyl groups is 2. The lowest BCUT2D eigenvalue weighted by molar-refractivity contribution is -0.258. The number of ether oxygens (including phenoxy) is 1. The molecule has 0 radical (unpaired) electrons. The average molecular weight is 450 g/mol. The van der Waals surface area contributed by atoms with Crippen molar-refractivity contribution in [2.24, 2.45) is 0 Å². The summed E-state index contributed by atoms with van der Waals surface area (Å²) in [6.07, 6.45) is -0.190. The Hall–Kier alpha value is -3.13. The van der Waals surface area contributed by atoms with Crippen LogP contribution in [0.5, 0.6) is 0 Å². The molecule has 32 heavy (non-hydrogen) atoms. The molecule has 4 atom stereocenters. The predicted octanol–water partition coefficient (Wildman–Crippen LogP) is -3.17. The minimum absolute atomic E-state index is 0.102. The topological polar surface area (TPSA) is 194 Å². The van der Waals surface area contributed by atoms with E-state index in [1.54, 1.807) is 0 Å². The normalized spacial score (nSPS) is 35.4. The Balaban J connectivity index is 1.44. The Morgan fingerprint density at radius 1 is 1.12 bits per heavy atom. The zero-order valence-electron chi connectivity index (χ0n) is 17.3. The molecule has 0 aromatic heterocycles. The molecule has 5 aliphatic rings. The third-order valence-corrected chi connectivity index (χ3v) is 6.99. The second-order valence-corrected chi connectivity index (χ2v) is 8.79. The number of hydrogen-bond donors (Lipinski definition) is 7. The summed E-state index contributed by atoms with van der Waals surface area (Å²) in [5, 5.41) is 47.6. The highest BCUT2D eigenvalue weighted by Gasteiger charge is 2.75. The maximum Gasteiger partial charge on any atom is 0.410 e. The number of carbonyl (C=O) groups excluding carboxylic acids is 3. The van der Waals surface area contributed by atoms with Crippen molar-refractivity contribution in [2.75, 3.05) is 26.2 Å². The minimum Gasteiger partial charge on any atom is -0.438 e. The summed E-state index contributed by atoms with van der Waals surface area (Å²) in [6, 6.07) is -1.73. The lowest BCUT2D eigenvalue weighted by Crippen LogP contribution is -2.81. The average Bonchev–Trinajstić information content (AvgIpc) is 3.48. The first kappa shape index (κ1) is 20.8. The van der Waals surface area contributed by atoms with Gasteiger partial charge < -0.3 is 40.7 Å². The standard InChI is InChI=1S/C18H26N8O6/c19-14-22-13-9(7-25-11(27)3-4-12(25)28)21-15(20)26-8-10(18(30,31)17(13,26)23-14)32-16(29)24-5-1-2-6-24/h9-10,13,30-31H,1-8H2,(H2,20,21)(H3,19,22,23)/t9-,10-,13-,17-/m0/s1. The lowest BCUT2D eigenvalue weighted by Gasteiger charge is -2.51. The highest BCUT2D eigenvalue weighted by molar-refractivity contribution is 6.02. The molecule has 5 aliphatic heterocycles. The van der Waals surface area contributed by atoms with Gasteiger partial charge in [0.25, 0.3) is 0 Å². The summed E-state index contributed by atoms with van der Waals surface area (Å²) in [6.45, 7) is 0.727. The van der Waals surface area contributed by atoms with E-state index < -0.39 is 35.7 Å². The Bertz CT molecular complexity index is 888. The van der Waals surface area contributed by atoms with Gasteiger partial charge in [0.15, 0.2) is 23.7 Å². The Morgan fingerprint density at radius 3 is 2.44 bits per heavy atom. The molecule has 0 aromatic carbocycles. The third-order valence-electron chi connectivity index (χ3n) is 6.99. The van der Waals surface area contributed by atoms with Crippen molar-refractivity contribution in [3.8, 4) is 0 Å². The van der Waals surface area contributed by atoms with Crippen LogP contribution in [0.1, 0.15) is 25.7 Å². The van der Waals surface area contributed by atoms with E-state index in [2.05, 4.69) is 16.0 Å². The lowest BCUT2D eigenvalue weighted by atomic mass is 9.85. The van der Waals surface area contributed by atoms with Gasteiger partial charge in [0.05, 0.1) is 25.2 Å². The number of carbonyl (C=O) groups is 3. The van der Waals surface area contributed by atoms with E-state index in [1.807, 2.05) is 0 Å². The van der Waals surface area contributed by atoms with Gasteiger partial charge in [-0.05, 0) is 12.8 Å². The SMILES string of the molecule is N=C1N[C@H]2[C@H](CN3C(=O)CCC3=O)NC(=N)N3C[C@H](OC(=O)N4CCCC4)C(O)(O)[C@]23N1. The quantitative estimate of drug-likeness (QED) is 0.170. The molecule has 1 spiro atoms. The van der Waals surface area contributed by atoms with Crippen molar-refractivity contribution in [1.82, 2.24) is 30.7 Å². The number of nitrogens with zero attached hydrogens (tertiary/aromatic N) is 3. The van der Waals surface area contributed by atoms with Crippen molar-refractivity contribution in [1.29, 1.82) is 10.8 Å². The first-order valence-corrected chi connectivity index (χ1v) is 10.6. The van der Waals surface area contributed by atoms with Crippen molar-refractivity contribution in [3.63, 3.8) is 0 Å². The molecule has 7 N–H and O–H groups in total. The van der Waals surface area contributed by atoms with Crippen LogP contribution in [-0.4, -0.2) is 111 Å².